The fourth-order valence-electron chi connectivity index (χ4n) is 0.721. The van der Waals surface area contributed by atoms with Crippen molar-refractivity contribution in [3.63, 3.8) is 0 Å². The molecule has 1 aromatic heterocycles. The summed E-state index contributed by atoms with van der Waals surface area (Å²) in [5.41, 5.74) is 1.08. The minimum absolute atomic E-state index is 1.08. The Hall–Kier alpha value is -0.963. The summed E-state index contributed by atoms with van der Waals surface area (Å²) in [5, 5.41) is 0. The van der Waals surface area contributed by atoms with E-state index in [0.717, 1.165) is 5.56 Å². The van der Waals surface area contributed by atoms with Crippen molar-refractivity contribution in [1.82, 2.24) is 4.98 Å². The Bertz CT molecular complexity index is 262. The van der Waals surface area contributed by atoms with Gasteiger partial charge in [0.05, 0.1) is 0 Å². The van der Waals surface area contributed by atoms with Gasteiger partial charge < -0.3 is 4.66 Å². The number of nitrogens with zero attached hydrogens (tertiary/aromatic N) is 2. The summed E-state index contributed by atoms with van der Waals surface area (Å²) in [6.45, 7) is 6.62. The summed E-state index contributed by atoms with van der Waals surface area (Å²) in [7, 11) is -1.30. The minimum atomic E-state index is -1.30. The lowest BCUT2D eigenvalue weighted by molar-refractivity contribution is 1.32. The lowest BCUT2D eigenvalue weighted by atomic mass is 10.3. The molecule has 2 nitrogen and oxygen atoms in total. The normalized spacial score (nSPS) is 12.2. The first-order valence-electron chi connectivity index (χ1n) is 4.03. The van der Waals surface area contributed by atoms with Crippen LogP contribution in [0.4, 0.5) is 0 Å². The third-order valence-corrected chi connectivity index (χ3v) is 2.19. The highest BCUT2D eigenvalue weighted by atomic mass is 28.3. The van der Waals surface area contributed by atoms with Gasteiger partial charge in [-0.3, -0.25) is 4.98 Å². The molecule has 0 aliphatic heterocycles. The van der Waals surface area contributed by atoms with Crippen LogP contribution in [-0.2, 0) is 0 Å². The molecule has 64 valence electrons. The second kappa shape index (κ2) is 3.63. The molecule has 0 unspecified atom stereocenters. The molecule has 0 N–H and O–H groups in total. The van der Waals surface area contributed by atoms with E-state index >= 15 is 0 Å². The number of hydrogen-bond donors (Lipinski definition) is 0. The first kappa shape index (κ1) is 9.13. The van der Waals surface area contributed by atoms with Crippen molar-refractivity contribution in [1.29, 1.82) is 0 Å². The summed E-state index contributed by atoms with van der Waals surface area (Å²) in [6.07, 6.45) is 5.51. The second-order valence-corrected chi connectivity index (χ2v) is 8.32. The molecule has 0 atom stereocenters. The van der Waals surface area contributed by atoms with Crippen LogP contribution in [0.5, 0.6) is 0 Å². The van der Waals surface area contributed by atoms with Gasteiger partial charge in [0, 0.05) is 24.2 Å². The second-order valence-electron chi connectivity index (χ2n) is 3.72. The molecule has 0 saturated heterocycles. The molecule has 0 saturated carbocycles. The number of aromatic nitrogens is 1. The molecule has 3 heteroatoms. The van der Waals surface area contributed by atoms with Crippen LogP contribution in [-0.4, -0.2) is 19.4 Å². The van der Waals surface area contributed by atoms with Crippen LogP contribution in [0, 0.1) is 0 Å². The highest BCUT2D eigenvalue weighted by Gasteiger charge is 2.08. The monoisotopic (exact) mass is 178 g/mol. The Morgan fingerprint density at radius 1 is 1.42 bits per heavy atom. The first-order chi connectivity index (χ1) is 5.58. The average molecular weight is 178 g/mol. The van der Waals surface area contributed by atoms with Gasteiger partial charge in [0.25, 0.3) is 0 Å². The maximum absolute atomic E-state index is 4.50. The Kier molecular flexibility index (Phi) is 2.76. The largest absolute Gasteiger partial charge is 0.329 e. The molecular weight excluding hydrogens is 164 g/mol. The van der Waals surface area contributed by atoms with E-state index in [-0.39, 0.29) is 0 Å². The van der Waals surface area contributed by atoms with Crippen LogP contribution < -0.4 is 0 Å². The smallest absolute Gasteiger partial charge is 0.172 e. The molecule has 1 aromatic rings. The number of pyridine rings is 1. The molecule has 0 fully saturated rings. The van der Waals surface area contributed by atoms with Crippen molar-refractivity contribution >= 4 is 14.5 Å². The summed E-state index contributed by atoms with van der Waals surface area (Å²) < 4.78 is 4.50. The lowest BCUT2D eigenvalue weighted by Crippen LogP contribution is -2.16. The van der Waals surface area contributed by atoms with Crippen molar-refractivity contribution in [3.05, 3.63) is 30.1 Å². The fraction of sp³-hybridized carbons (Fsp3) is 0.333. The Balaban J connectivity index is 2.71. The Morgan fingerprint density at radius 3 is 2.67 bits per heavy atom. The summed E-state index contributed by atoms with van der Waals surface area (Å²) >= 11 is 0. The van der Waals surface area contributed by atoms with Gasteiger partial charge in [-0.1, -0.05) is 6.07 Å². The van der Waals surface area contributed by atoms with E-state index in [0.29, 0.717) is 0 Å². The van der Waals surface area contributed by atoms with Crippen LogP contribution >= 0.6 is 0 Å². The van der Waals surface area contributed by atoms with E-state index in [1.165, 1.54) is 0 Å². The van der Waals surface area contributed by atoms with Crippen LogP contribution in [0.25, 0.3) is 0 Å². The van der Waals surface area contributed by atoms with Crippen molar-refractivity contribution in [3.8, 4) is 0 Å². The van der Waals surface area contributed by atoms with Gasteiger partial charge in [-0.05, 0) is 25.7 Å². The predicted molar refractivity (Wildman–Crippen MR) is 55.2 cm³/mol. The first-order valence-corrected chi connectivity index (χ1v) is 7.48. The summed E-state index contributed by atoms with van der Waals surface area (Å²) in [4.78, 5) is 4.01. The molecule has 1 rings (SSSR count). The molecular formula is C9H14N2Si. The van der Waals surface area contributed by atoms with Gasteiger partial charge >= 0.3 is 0 Å². The highest BCUT2D eigenvalue weighted by molar-refractivity contribution is 6.75. The molecule has 0 radical (unpaired) electrons. The summed E-state index contributed by atoms with van der Waals surface area (Å²) in [5.74, 6) is 0. The molecule has 12 heavy (non-hydrogen) atoms. The van der Waals surface area contributed by atoms with Crippen LogP contribution in [0.3, 0.4) is 0 Å². The molecule has 0 aliphatic carbocycles. The molecule has 0 amide bonds. The standard InChI is InChI=1S/C9H14N2Si/c1-12(2,3)11-8-9-5-4-6-10-7-9/h4-8H,1-3H3/b11-8+. The SMILES string of the molecule is C[Si](C)(C)/N=C/c1cccnc1. The maximum Gasteiger partial charge on any atom is 0.172 e. The topological polar surface area (TPSA) is 25.2 Å². The van der Waals surface area contributed by atoms with E-state index in [9.17, 15) is 0 Å². The van der Waals surface area contributed by atoms with Crippen molar-refractivity contribution in [2.75, 3.05) is 0 Å². The number of rotatable bonds is 2. The molecule has 0 aromatic carbocycles. The zero-order valence-corrected chi connectivity index (χ0v) is 8.78. The van der Waals surface area contributed by atoms with Crippen LogP contribution in [0.2, 0.25) is 19.6 Å². The van der Waals surface area contributed by atoms with Gasteiger partial charge in [-0.15, -0.1) is 0 Å². The van der Waals surface area contributed by atoms with Crippen molar-refractivity contribution < 1.29 is 0 Å². The van der Waals surface area contributed by atoms with Crippen LogP contribution in [0.1, 0.15) is 5.56 Å². The molecule has 0 bridgehead atoms. The van der Waals surface area contributed by atoms with Crippen molar-refractivity contribution in [2.45, 2.75) is 19.6 Å². The zero-order valence-electron chi connectivity index (χ0n) is 7.78. The molecule has 1 heterocycles. The van der Waals surface area contributed by atoms with Crippen LogP contribution in [0.15, 0.2) is 29.2 Å². The maximum atomic E-state index is 4.50. The highest BCUT2D eigenvalue weighted by Crippen LogP contribution is 2.02. The van der Waals surface area contributed by atoms with Gasteiger partial charge in [0.2, 0.25) is 0 Å². The van der Waals surface area contributed by atoms with E-state index in [4.69, 9.17) is 0 Å². The lowest BCUT2D eigenvalue weighted by Gasteiger charge is -2.06. The summed E-state index contributed by atoms with van der Waals surface area (Å²) in [6, 6.07) is 3.93. The molecule has 0 aliphatic rings. The van der Waals surface area contributed by atoms with E-state index < -0.39 is 8.24 Å². The van der Waals surface area contributed by atoms with E-state index in [2.05, 4.69) is 29.3 Å². The van der Waals surface area contributed by atoms with E-state index in [1.54, 1.807) is 6.20 Å². The third-order valence-electron chi connectivity index (χ3n) is 1.29. The van der Waals surface area contributed by atoms with Crippen molar-refractivity contribution in [2.24, 2.45) is 4.66 Å². The predicted octanol–water partition coefficient (Wildman–Crippen LogP) is 2.34. The fourth-order valence-corrected chi connectivity index (χ4v) is 1.26. The Labute approximate surface area is 74.5 Å². The average Bonchev–Trinajstić information content (AvgIpc) is 2.02. The Morgan fingerprint density at radius 2 is 2.17 bits per heavy atom. The van der Waals surface area contributed by atoms with E-state index in [1.807, 2.05) is 24.5 Å². The van der Waals surface area contributed by atoms with Gasteiger partial charge in [-0.25, -0.2) is 0 Å². The minimum Gasteiger partial charge on any atom is -0.329 e. The van der Waals surface area contributed by atoms with Gasteiger partial charge in [0.1, 0.15) is 0 Å². The zero-order chi connectivity index (χ0) is 9.03. The number of hydrogen-bond acceptors (Lipinski definition) is 2. The third kappa shape index (κ3) is 3.43. The van der Waals surface area contributed by atoms with Gasteiger partial charge in [0.15, 0.2) is 8.24 Å². The van der Waals surface area contributed by atoms with Gasteiger partial charge in [-0.2, -0.15) is 0 Å². The molecule has 0 spiro atoms. The quantitative estimate of drug-likeness (QED) is 0.504.